The molecule has 1 aliphatic carbocycles. The zero-order valence-electron chi connectivity index (χ0n) is 29.3. The number of halogens is 2. The topological polar surface area (TPSA) is 91.3 Å². The second kappa shape index (κ2) is 13.8. The molecule has 2 aliphatic rings. The molecular formula is C34H54FIN6O2Si2. The molecule has 1 aliphatic heterocycles. The molecule has 3 heterocycles. The van der Waals surface area contributed by atoms with Gasteiger partial charge in [-0.3, -0.25) is 0 Å². The fourth-order valence-electron chi connectivity index (χ4n) is 8.14. The van der Waals surface area contributed by atoms with Gasteiger partial charge in [-0.05, 0) is 93.2 Å². The lowest BCUT2D eigenvalue weighted by molar-refractivity contribution is 0.0810. The van der Waals surface area contributed by atoms with Crippen LogP contribution in [0.15, 0.2) is 18.2 Å². The first-order valence-electron chi connectivity index (χ1n) is 17.0. The van der Waals surface area contributed by atoms with Crippen LogP contribution < -0.4 is 10.6 Å². The van der Waals surface area contributed by atoms with Crippen molar-refractivity contribution >= 4 is 56.0 Å². The number of benzene rings is 1. The average molecular weight is 781 g/mol. The number of aromatic nitrogens is 4. The van der Waals surface area contributed by atoms with Gasteiger partial charge in [0.25, 0.3) is 0 Å². The van der Waals surface area contributed by atoms with Gasteiger partial charge in [0.15, 0.2) is 15.2 Å². The molecule has 1 saturated heterocycles. The maximum absolute atomic E-state index is 14.1. The SMILES string of the molecule is CC(C)[Si](OCc1nc2c(I)nn(COCC[Si](C)(C)C)c2nc1N1CCC2(CC1)Cc1cc(F)ccc1[C@H]2N)(C(C)C)C(C)C. The summed E-state index contributed by atoms with van der Waals surface area (Å²) >= 11 is 2.27. The molecule has 12 heteroatoms. The fourth-order valence-corrected chi connectivity index (χ4v) is 14.9. The molecular weight excluding hydrogens is 726 g/mol. The summed E-state index contributed by atoms with van der Waals surface area (Å²) < 4.78 is 30.0. The van der Waals surface area contributed by atoms with Crippen LogP contribution >= 0.6 is 22.6 Å². The van der Waals surface area contributed by atoms with E-state index < -0.39 is 16.4 Å². The number of hydrogen-bond acceptors (Lipinski definition) is 7. The number of ether oxygens (including phenoxy) is 1. The van der Waals surface area contributed by atoms with Gasteiger partial charge >= 0.3 is 0 Å². The predicted octanol–water partition coefficient (Wildman–Crippen LogP) is 8.42. The fraction of sp³-hybridized carbons (Fsp3) is 0.676. The van der Waals surface area contributed by atoms with E-state index in [1.807, 2.05) is 10.7 Å². The van der Waals surface area contributed by atoms with Gasteiger partial charge in [0.05, 0.1) is 6.61 Å². The third kappa shape index (κ3) is 6.98. The smallest absolute Gasteiger partial charge is 0.200 e. The summed E-state index contributed by atoms with van der Waals surface area (Å²) in [5, 5.41) is 4.81. The van der Waals surface area contributed by atoms with Gasteiger partial charge in [-0.2, -0.15) is 5.10 Å². The predicted molar refractivity (Wildman–Crippen MR) is 199 cm³/mol. The maximum Gasteiger partial charge on any atom is 0.200 e. The number of nitrogens with two attached hydrogens (primary N) is 1. The van der Waals surface area contributed by atoms with E-state index in [1.165, 1.54) is 6.07 Å². The van der Waals surface area contributed by atoms with Crippen LogP contribution in [-0.4, -0.2) is 55.8 Å². The van der Waals surface area contributed by atoms with Crippen LogP contribution in [0.1, 0.15) is 77.2 Å². The molecule has 0 unspecified atom stereocenters. The normalized spacial score (nSPS) is 18.6. The summed E-state index contributed by atoms with van der Waals surface area (Å²) in [6, 6.07) is 6.11. The Hall–Kier alpha value is -1.46. The molecule has 46 heavy (non-hydrogen) atoms. The van der Waals surface area contributed by atoms with Crippen LogP contribution in [0.4, 0.5) is 10.2 Å². The van der Waals surface area contributed by atoms with Crippen LogP contribution in [0.3, 0.4) is 0 Å². The summed E-state index contributed by atoms with van der Waals surface area (Å²) in [6.07, 6.45) is 2.63. The van der Waals surface area contributed by atoms with Crippen LogP contribution in [0.25, 0.3) is 11.2 Å². The number of piperidine rings is 1. The Morgan fingerprint density at radius 2 is 1.70 bits per heavy atom. The Bertz CT molecular complexity index is 1510. The summed E-state index contributed by atoms with van der Waals surface area (Å²) in [7, 11) is -3.35. The molecule has 1 fully saturated rings. The van der Waals surface area contributed by atoms with Crippen molar-refractivity contribution in [2.75, 3.05) is 24.6 Å². The minimum atomic E-state index is -2.15. The molecule has 254 valence electrons. The van der Waals surface area contributed by atoms with Crippen molar-refractivity contribution in [1.82, 2.24) is 19.7 Å². The number of hydrogen-bond donors (Lipinski definition) is 1. The standard InChI is InChI=1S/C34H54FIN6O2Si2/c1-22(2)46(23(3)4,24(5)6)44-20-28-32(39-33-29(38-28)31(36)40-42(33)21-43-16-17-45(7,8)9)41-14-12-34(13-15-41)19-25-18-26(35)10-11-27(25)30(34)37/h10-11,18,22-24,30H,12-17,19-21,37H2,1-9H3/t30-/m1/s1. The molecule has 0 amide bonds. The second-order valence-corrected chi connectivity index (χ2v) is 27.9. The van der Waals surface area contributed by atoms with Crippen molar-refractivity contribution in [3.63, 3.8) is 0 Å². The second-order valence-electron chi connectivity index (χ2n) is 15.8. The van der Waals surface area contributed by atoms with E-state index in [2.05, 4.69) is 88.7 Å². The third-order valence-electron chi connectivity index (χ3n) is 10.7. The Kier molecular flexibility index (Phi) is 10.8. The van der Waals surface area contributed by atoms with Crippen molar-refractivity contribution in [2.45, 2.75) is 122 Å². The molecule has 0 saturated carbocycles. The van der Waals surface area contributed by atoms with Gasteiger partial charge in [0.2, 0.25) is 8.32 Å². The summed E-state index contributed by atoms with van der Waals surface area (Å²) in [5.41, 5.74) is 12.8. The highest BCUT2D eigenvalue weighted by atomic mass is 127. The molecule has 2 aromatic heterocycles. The van der Waals surface area contributed by atoms with Gasteiger partial charge in [0.1, 0.15) is 23.8 Å². The van der Waals surface area contributed by atoms with Crippen molar-refractivity contribution in [1.29, 1.82) is 0 Å². The molecule has 3 aromatic rings. The largest absolute Gasteiger partial charge is 0.410 e. The minimum absolute atomic E-state index is 0.0722. The molecule has 0 radical (unpaired) electrons. The van der Waals surface area contributed by atoms with Gasteiger partial charge in [0, 0.05) is 33.8 Å². The Morgan fingerprint density at radius 3 is 2.30 bits per heavy atom. The van der Waals surface area contributed by atoms with Crippen molar-refractivity contribution in [2.24, 2.45) is 11.1 Å². The highest BCUT2D eigenvalue weighted by Gasteiger charge is 2.47. The van der Waals surface area contributed by atoms with Gasteiger partial charge in [-0.15, -0.1) is 0 Å². The Morgan fingerprint density at radius 1 is 1.04 bits per heavy atom. The van der Waals surface area contributed by atoms with Crippen LogP contribution in [-0.2, 0) is 28.9 Å². The van der Waals surface area contributed by atoms with E-state index in [9.17, 15) is 4.39 Å². The zero-order valence-corrected chi connectivity index (χ0v) is 33.4. The maximum atomic E-state index is 14.1. The van der Waals surface area contributed by atoms with Crippen LogP contribution in [0.2, 0.25) is 42.3 Å². The average Bonchev–Trinajstić information content (AvgIpc) is 3.42. The monoisotopic (exact) mass is 780 g/mol. The highest BCUT2D eigenvalue weighted by molar-refractivity contribution is 14.1. The zero-order chi connectivity index (χ0) is 33.6. The van der Waals surface area contributed by atoms with E-state index in [1.54, 1.807) is 6.07 Å². The Balaban J connectivity index is 1.46. The molecule has 5 rings (SSSR count). The van der Waals surface area contributed by atoms with Gasteiger partial charge < -0.3 is 19.8 Å². The van der Waals surface area contributed by atoms with E-state index in [-0.39, 0.29) is 17.3 Å². The van der Waals surface area contributed by atoms with Crippen LogP contribution in [0, 0.1) is 14.9 Å². The number of nitrogens with zero attached hydrogens (tertiary/aromatic N) is 5. The van der Waals surface area contributed by atoms with E-state index >= 15 is 0 Å². The lowest BCUT2D eigenvalue weighted by Gasteiger charge is -2.43. The van der Waals surface area contributed by atoms with Crippen LogP contribution in [0.5, 0.6) is 0 Å². The first kappa shape index (κ1) is 35.8. The van der Waals surface area contributed by atoms with E-state index in [4.69, 9.17) is 30.0 Å². The third-order valence-corrected chi connectivity index (χ3v) is 19.1. The molecule has 0 bridgehead atoms. The number of fused-ring (bicyclic) bond motifs is 2. The number of rotatable bonds is 12. The van der Waals surface area contributed by atoms with Crippen molar-refractivity contribution in [3.8, 4) is 0 Å². The van der Waals surface area contributed by atoms with E-state index in [0.29, 0.717) is 36.6 Å². The summed E-state index contributed by atoms with van der Waals surface area (Å²) in [5.74, 6) is 0.685. The van der Waals surface area contributed by atoms with Gasteiger partial charge in [-0.1, -0.05) is 67.2 Å². The molecule has 2 N–H and O–H groups in total. The van der Waals surface area contributed by atoms with Crippen molar-refractivity contribution < 1.29 is 13.6 Å². The first-order chi connectivity index (χ1) is 21.6. The van der Waals surface area contributed by atoms with E-state index in [0.717, 1.165) is 75.9 Å². The van der Waals surface area contributed by atoms with Crippen molar-refractivity contribution in [3.05, 3.63) is 44.5 Å². The number of anilines is 1. The Labute approximate surface area is 290 Å². The first-order valence-corrected chi connectivity index (χ1v) is 23.9. The molecule has 1 atom stereocenters. The quantitative estimate of drug-likeness (QED) is 0.112. The summed E-state index contributed by atoms with van der Waals surface area (Å²) in [4.78, 5) is 12.9. The molecule has 8 nitrogen and oxygen atoms in total. The highest BCUT2D eigenvalue weighted by Crippen LogP contribution is 2.51. The lowest BCUT2D eigenvalue weighted by Crippen LogP contribution is -2.48. The minimum Gasteiger partial charge on any atom is -0.410 e. The van der Waals surface area contributed by atoms with Gasteiger partial charge in [-0.25, -0.2) is 19.0 Å². The molecule has 1 aromatic carbocycles. The summed E-state index contributed by atoms with van der Waals surface area (Å²) in [6.45, 7) is 24.1. The lowest BCUT2D eigenvalue weighted by atomic mass is 9.73. The molecule has 1 spiro atoms.